The molecule has 1 aliphatic heterocycles. The number of hydrogen-bond acceptors (Lipinski definition) is 4. The molecule has 1 aliphatic carbocycles. The van der Waals surface area contributed by atoms with Crippen LogP contribution in [0.15, 0.2) is 23.2 Å². The van der Waals surface area contributed by atoms with Crippen molar-refractivity contribution in [2.24, 2.45) is 10.7 Å². The van der Waals surface area contributed by atoms with Crippen molar-refractivity contribution in [1.29, 1.82) is 0 Å². The van der Waals surface area contributed by atoms with Gasteiger partial charge in [0, 0.05) is 24.3 Å². The lowest BCUT2D eigenvalue weighted by atomic mass is 9.80. The van der Waals surface area contributed by atoms with Crippen LogP contribution in [0.5, 0.6) is 5.75 Å². The SMILES string of the molecule is COc1ccc(NC(N)=NCC2(N3CCOCC3)CCCCC2)cc1Cl. The van der Waals surface area contributed by atoms with Gasteiger partial charge in [0.15, 0.2) is 5.96 Å². The van der Waals surface area contributed by atoms with E-state index in [9.17, 15) is 0 Å². The minimum absolute atomic E-state index is 0.117. The zero-order chi connectivity index (χ0) is 18.4. The summed E-state index contributed by atoms with van der Waals surface area (Å²) in [5, 5.41) is 3.68. The second-order valence-electron chi connectivity index (χ2n) is 7.06. The maximum atomic E-state index is 6.17. The van der Waals surface area contributed by atoms with E-state index in [0.29, 0.717) is 16.7 Å². The predicted molar refractivity (Wildman–Crippen MR) is 106 cm³/mol. The van der Waals surface area contributed by atoms with Crippen molar-refractivity contribution in [2.45, 2.75) is 37.6 Å². The van der Waals surface area contributed by atoms with Crippen LogP contribution in [0.4, 0.5) is 5.69 Å². The number of halogens is 1. The van der Waals surface area contributed by atoms with Crippen LogP contribution in [-0.2, 0) is 4.74 Å². The summed E-state index contributed by atoms with van der Waals surface area (Å²) in [5.74, 6) is 1.06. The number of anilines is 1. The number of rotatable bonds is 5. The third-order valence-corrected chi connectivity index (χ3v) is 5.73. The Morgan fingerprint density at radius 3 is 2.69 bits per heavy atom. The van der Waals surface area contributed by atoms with E-state index in [0.717, 1.165) is 38.5 Å². The number of nitrogens with one attached hydrogen (secondary N) is 1. The number of aliphatic imine (C=N–C) groups is 1. The third kappa shape index (κ3) is 4.61. The highest BCUT2D eigenvalue weighted by atomic mass is 35.5. The van der Waals surface area contributed by atoms with E-state index < -0.39 is 0 Å². The maximum absolute atomic E-state index is 6.17. The van der Waals surface area contributed by atoms with Gasteiger partial charge in [-0.05, 0) is 31.0 Å². The molecule has 2 fully saturated rings. The lowest BCUT2D eigenvalue weighted by molar-refractivity contribution is -0.0333. The average molecular weight is 381 g/mol. The Kier molecular flexibility index (Phi) is 6.62. The molecular formula is C19H29ClN4O2. The largest absolute Gasteiger partial charge is 0.495 e. The van der Waals surface area contributed by atoms with Crippen LogP contribution in [0.25, 0.3) is 0 Å². The highest BCUT2D eigenvalue weighted by molar-refractivity contribution is 6.32. The van der Waals surface area contributed by atoms with Crippen molar-refractivity contribution in [3.63, 3.8) is 0 Å². The molecule has 2 aliphatic rings. The van der Waals surface area contributed by atoms with Gasteiger partial charge in [0.25, 0.3) is 0 Å². The van der Waals surface area contributed by atoms with Gasteiger partial charge in [0.1, 0.15) is 5.75 Å². The molecule has 0 radical (unpaired) electrons. The smallest absolute Gasteiger partial charge is 0.193 e. The minimum atomic E-state index is 0.117. The highest BCUT2D eigenvalue weighted by Crippen LogP contribution is 2.34. The number of nitrogens with zero attached hydrogens (tertiary/aromatic N) is 2. The molecule has 0 bridgehead atoms. The fraction of sp³-hybridized carbons (Fsp3) is 0.632. The summed E-state index contributed by atoms with van der Waals surface area (Å²) in [6.07, 6.45) is 6.19. The summed E-state index contributed by atoms with van der Waals surface area (Å²) in [6.45, 7) is 4.30. The molecular weight excluding hydrogens is 352 g/mol. The number of nitrogens with two attached hydrogens (primary N) is 1. The van der Waals surface area contributed by atoms with Crippen LogP contribution < -0.4 is 15.8 Å². The fourth-order valence-electron chi connectivity index (χ4n) is 3.99. The number of methoxy groups -OCH3 is 1. The standard InChI is InChI=1S/C19H29ClN4O2/c1-25-17-6-5-15(13-16(17)20)23-18(21)22-14-19(7-3-2-4-8-19)24-9-11-26-12-10-24/h5-6,13H,2-4,7-12,14H2,1H3,(H3,21,22,23). The number of guanidine groups is 1. The summed E-state index contributed by atoms with van der Waals surface area (Å²) in [6, 6.07) is 5.49. The molecule has 1 heterocycles. The first kappa shape index (κ1) is 19.3. The quantitative estimate of drug-likeness (QED) is 0.606. The molecule has 7 heteroatoms. The molecule has 0 aromatic heterocycles. The number of ether oxygens (including phenoxy) is 2. The number of morpholine rings is 1. The Bertz CT molecular complexity index is 626. The van der Waals surface area contributed by atoms with Crippen LogP contribution in [0, 0.1) is 0 Å². The first-order chi connectivity index (χ1) is 12.6. The number of benzene rings is 1. The van der Waals surface area contributed by atoms with Gasteiger partial charge in [0.05, 0.1) is 31.9 Å². The Balaban J connectivity index is 1.67. The van der Waals surface area contributed by atoms with Crippen molar-refractivity contribution >= 4 is 23.2 Å². The Hall–Kier alpha value is -1.50. The Morgan fingerprint density at radius 1 is 1.31 bits per heavy atom. The molecule has 3 rings (SSSR count). The van der Waals surface area contributed by atoms with Crippen LogP contribution in [0.3, 0.4) is 0 Å². The van der Waals surface area contributed by atoms with Gasteiger partial charge in [-0.3, -0.25) is 9.89 Å². The molecule has 0 amide bonds. The van der Waals surface area contributed by atoms with Crippen molar-refractivity contribution in [2.75, 3.05) is 45.3 Å². The summed E-state index contributed by atoms with van der Waals surface area (Å²) < 4.78 is 10.7. The van der Waals surface area contributed by atoms with Gasteiger partial charge in [-0.1, -0.05) is 30.9 Å². The Labute approximate surface area is 160 Å². The van der Waals surface area contributed by atoms with Gasteiger partial charge in [-0.2, -0.15) is 0 Å². The molecule has 1 aromatic rings. The molecule has 1 saturated carbocycles. The van der Waals surface area contributed by atoms with E-state index in [1.54, 1.807) is 13.2 Å². The first-order valence-electron chi connectivity index (χ1n) is 9.36. The molecule has 0 atom stereocenters. The average Bonchev–Trinajstić information content (AvgIpc) is 2.68. The van der Waals surface area contributed by atoms with E-state index in [1.807, 2.05) is 12.1 Å². The van der Waals surface area contributed by atoms with Crippen LogP contribution in [0.2, 0.25) is 5.02 Å². The summed E-state index contributed by atoms with van der Waals surface area (Å²) >= 11 is 6.17. The zero-order valence-electron chi connectivity index (χ0n) is 15.5. The van der Waals surface area contributed by atoms with Crippen molar-refractivity contribution in [3.8, 4) is 5.75 Å². The molecule has 0 spiro atoms. The second kappa shape index (κ2) is 8.93. The van der Waals surface area contributed by atoms with Gasteiger partial charge in [0.2, 0.25) is 0 Å². The van der Waals surface area contributed by atoms with E-state index >= 15 is 0 Å². The van der Waals surface area contributed by atoms with Crippen molar-refractivity contribution in [1.82, 2.24) is 4.90 Å². The van der Waals surface area contributed by atoms with Crippen LogP contribution in [-0.4, -0.2) is 56.4 Å². The molecule has 1 aromatic carbocycles. The highest BCUT2D eigenvalue weighted by Gasteiger charge is 2.38. The molecule has 3 N–H and O–H groups in total. The van der Waals surface area contributed by atoms with Gasteiger partial charge < -0.3 is 20.5 Å². The zero-order valence-corrected chi connectivity index (χ0v) is 16.2. The van der Waals surface area contributed by atoms with E-state index in [2.05, 4.69) is 15.2 Å². The first-order valence-corrected chi connectivity index (χ1v) is 9.74. The lowest BCUT2D eigenvalue weighted by Crippen LogP contribution is -2.56. The normalized spacial score (nSPS) is 21.4. The number of hydrogen-bond donors (Lipinski definition) is 2. The monoisotopic (exact) mass is 380 g/mol. The second-order valence-corrected chi connectivity index (χ2v) is 7.47. The van der Waals surface area contributed by atoms with Crippen molar-refractivity contribution < 1.29 is 9.47 Å². The Morgan fingerprint density at radius 2 is 2.04 bits per heavy atom. The van der Waals surface area contributed by atoms with E-state index in [-0.39, 0.29) is 5.54 Å². The molecule has 26 heavy (non-hydrogen) atoms. The topological polar surface area (TPSA) is 72.1 Å². The van der Waals surface area contributed by atoms with Crippen LogP contribution >= 0.6 is 11.6 Å². The van der Waals surface area contributed by atoms with Crippen molar-refractivity contribution in [3.05, 3.63) is 23.2 Å². The maximum Gasteiger partial charge on any atom is 0.193 e. The van der Waals surface area contributed by atoms with Crippen LogP contribution in [0.1, 0.15) is 32.1 Å². The molecule has 144 valence electrons. The summed E-state index contributed by atoms with van der Waals surface area (Å²) in [4.78, 5) is 7.26. The van der Waals surface area contributed by atoms with E-state index in [1.165, 1.54) is 32.1 Å². The van der Waals surface area contributed by atoms with Gasteiger partial charge in [-0.15, -0.1) is 0 Å². The molecule has 0 unspecified atom stereocenters. The fourth-order valence-corrected chi connectivity index (χ4v) is 4.24. The predicted octanol–water partition coefficient (Wildman–Crippen LogP) is 3.11. The minimum Gasteiger partial charge on any atom is -0.495 e. The van der Waals surface area contributed by atoms with Gasteiger partial charge in [-0.25, -0.2) is 0 Å². The van der Waals surface area contributed by atoms with Gasteiger partial charge >= 0.3 is 0 Å². The summed E-state index contributed by atoms with van der Waals surface area (Å²) in [5.41, 5.74) is 7.08. The molecule has 1 saturated heterocycles. The van der Waals surface area contributed by atoms with E-state index in [4.69, 9.17) is 26.8 Å². The lowest BCUT2D eigenvalue weighted by Gasteiger charge is -2.47. The molecule has 6 nitrogen and oxygen atoms in total. The third-order valence-electron chi connectivity index (χ3n) is 5.43. The summed E-state index contributed by atoms with van der Waals surface area (Å²) in [7, 11) is 1.60.